The number of halogens is 1. The maximum Gasteiger partial charge on any atom is 0.127 e. The van der Waals surface area contributed by atoms with Gasteiger partial charge in [-0.05, 0) is 54.2 Å². The lowest BCUT2D eigenvalue weighted by Gasteiger charge is -2.33. The van der Waals surface area contributed by atoms with Gasteiger partial charge in [0.2, 0.25) is 0 Å². The fourth-order valence-electron chi connectivity index (χ4n) is 4.47. The third-order valence-electron chi connectivity index (χ3n) is 5.94. The molecule has 0 aliphatic heterocycles. The Hall–Kier alpha value is -2.46. The maximum absolute atomic E-state index is 13.3. The van der Waals surface area contributed by atoms with Crippen molar-refractivity contribution in [2.45, 2.75) is 50.5 Å². The van der Waals surface area contributed by atoms with Gasteiger partial charge >= 0.3 is 0 Å². The predicted molar refractivity (Wildman–Crippen MR) is 111 cm³/mol. The molecular weight excluding hydrogens is 349 g/mol. The lowest BCUT2D eigenvalue weighted by atomic mass is 9.77. The fourth-order valence-corrected chi connectivity index (χ4v) is 4.47. The number of benzene rings is 2. The highest BCUT2D eigenvalue weighted by molar-refractivity contribution is 5.58. The third-order valence-corrected chi connectivity index (χ3v) is 5.94. The van der Waals surface area contributed by atoms with Gasteiger partial charge in [0, 0.05) is 0 Å². The minimum absolute atomic E-state index is 0.238. The number of hydrogen-bond acceptors (Lipinski definition) is 2. The number of aromatic nitrogens is 2. The lowest BCUT2D eigenvalue weighted by molar-refractivity contribution is 0.250. The Kier molecular flexibility index (Phi) is 5.58. The van der Waals surface area contributed by atoms with Crippen molar-refractivity contribution in [1.29, 1.82) is 0 Å². The summed E-state index contributed by atoms with van der Waals surface area (Å²) in [7, 11) is 0. The minimum atomic E-state index is -0.540. The maximum atomic E-state index is 13.3. The van der Waals surface area contributed by atoms with E-state index in [0.29, 0.717) is 5.92 Å². The summed E-state index contributed by atoms with van der Waals surface area (Å²) >= 11 is 0. The molecule has 0 amide bonds. The lowest BCUT2D eigenvalue weighted by Crippen LogP contribution is -2.42. The highest BCUT2D eigenvalue weighted by Crippen LogP contribution is 2.36. The van der Waals surface area contributed by atoms with E-state index in [4.69, 9.17) is 5.73 Å². The second-order valence-corrected chi connectivity index (χ2v) is 8.18. The molecule has 1 saturated carbocycles. The van der Waals surface area contributed by atoms with E-state index in [1.165, 1.54) is 49.8 Å². The zero-order valence-corrected chi connectivity index (χ0v) is 16.2. The number of hydrogen-bond donors (Lipinski definition) is 2. The smallest absolute Gasteiger partial charge is 0.127 e. The number of H-pyrrole nitrogens is 1. The van der Waals surface area contributed by atoms with Gasteiger partial charge in [0.25, 0.3) is 0 Å². The van der Waals surface area contributed by atoms with Gasteiger partial charge in [-0.1, -0.05) is 62.4 Å². The molecule has 4 rings (SSSR count). The van der Waals surface area contributed by atoms with Gasteiger partial charge in [-0.3, -0.25) is 0 Å². The van der Waals surface area contributed by atoms with E-state index in [1.807, 2.05) is 12.3 Å². The molecule has 1 aliphatic carbocycles. The number of imidazole rings is 1. The zero-order valence-electron chi connectivity index (χ0n) is 16.2. The molecule has 0 radical (unpaired) electrons. The van der Waals surface area contributed by atoms with Gasteiger partial charge in [0.15, 0.2) is 0 Å². The number of nitrogens with one attached hydrogen (secondary N) is 1. The first-order valence-corrected chi connectivity index (χ1v) is 10.3. The van der Waals surface area contributed by atoms with Crippen molar-refractivity contribution >= 4 is 0 Å². The van der Waals surface area contributed by atoms with Crippen molar-refractivity contribution in [3.8, 4) is 11.3 Å². The molecule has 0 spiro atoms. The van der Waals surface area contributed by atoms with E-state index in [9.17, 15) is 4.39 Å². The van der Waals surface area contributed by atoms with Crippen LogP contribution in [0.4, 0.5) is 4.39 Å². The summed E-state index contributed by atoms with van der Waals surface area (Å²) in [4.78, 5) is 8.12. The van der Waals surface area contributed by atoms with Crippen molar-refractivity contribution in [2.75, 3.05) is 0 Å². The van der Waals surface area contributed by atoms with Crippen LogP contribution in [0.2, 0.25) is 0 Å². The van der Waals surface area contributed by atoms with Gasteiger partial charge in [-0.15, -0.1) is 0 Å². The van der Waals surface area contributed by atoms with Gasteiger partial charge in [-0.2, -0.15) is 0 Å². The summed E-state index contributed by atoms with van der Waals surface area (Å²) in [6.45, 7) is 0. The van der Waals surface area contributed by atoms with Gasteiger partial charge in [0.1, 0.15) is 11.6 Å². The minimum Gasteiger partial charge on any atom is -0.340 e. The van der Waals surface area contributed by atoms with Crippen LogP contribution in [0.5, 0.6) is 0 Å². The highest BCUT2D eigenvalue weighted by Gasteiger charge is 2.34. The van der Waals surface area contributed by atoms with Crippen LogP contribution in [-0.2, 0) is 12.0 Å². The van der Waals surface area contributed by atoms with E-state index in [2.05, 4.69) is 34.2 Å². The monoisotopic (exact) mass is 377 g/mol. The second-order valence-electron chi connectivity index (χ2n) is 8.18. The van der Waals surface area contributed by atoms with Crippen LogP contribution in [0.15, 0.2) is 60.8 Å². The average Bonchev–Trinajstić information content (AvgIpc) is 3.21. The van der Waals surface area contributed by atoms with E-state index < -0.39 is 5.54 Å². The molecule has 1 atom stereocenters. The molecule has 1 heterocycles. The van der Waals surface area contributed by atoms with Crippen LogP contribution in [0.25, 0.3) is 11.3 Å². The second kappa shape index (κ2) is 8.27. The fraction of sp³-hybridized carbons (Fsp3) is 0.375. The normalized spacial score (nSPS) is 17.4. The summed E-state index contributed by atoms with van der Waals surface area (Å²) in [5.74, 6) is 1.22. The van der Waals surface area contributed by atoms with Crippen LogP contribution >= 0.6 is 0 Å². The molecule has 1 unspecified atom stereocenters. The Morgan fingerprint density at radius 2 is 1.71 bits per heavy atom. The van der Waals surface area contributed by atoms with Crippen molar-refractivity contribution in [1.82, 2.24) is 9.97 Å². The average molecular weight is 378 g/mol. The van der Waals surface area contributed by atoms with Crippen LogP contribution in [0, 0.1) is 11.7 Å². The van der Waals surface area contributed by atoms with Crippen LogP contribution in [-0.4, -0.2) is 9.97 Å². The molecular formula is C24H28FN3. The Labute approximate surface area is 166 Å². The summed E-state index contributed by atoms with van der Waals surface area (Å²) in [5, 5.41) is 0. The highest BCUT2D eigenvalue weighted by atomic mass is 19.1. The van der Waals surface area contributed by atoms with Gasteiger partial charge in [-0.25, -0.2) is 9.37 Å². The topological polar surface area (TPSA) is 54.7 Å². The summed E-state index contributed by atoms with van der Waals surface area (Å²) < 4.78 is 13.3. The molecule has 4 heteroatoms. The molecule has 3 aromatic rings. The van der Waals surface area contributed by atoms with Crippen LogP contribution < -0.4 is 5.73 Å². The molecule has 1 fully saturated rings. The molecule has 2 aromatic carbocycles. The Morgan fingerprint density at radius 3 is 2.43 bits per heavy atom. The first kappa shape index (κ1) is 18.9. The summed E-state index contributed by atoms with van der Waals surface area (Å²) in [6, 6.07) is 16.9. The molecule has 146 valence electrons. The van der Waals surface area contributed by atoms with Crippen molar-refractivity contribution < 1.29 is 4.39 Å². The first-order chi connectivity index (χ1) is 13.6. The Morgan fingerprint density at radius 1 is 1.00 bits per heavy atom. The molecule has 0 saturated heterocycles. The van der Waals surface area contributed by atoms with E-state index >= 15 is 0 Å². The molecule has 28 heavy (non-hydrogen) atoms. The van der Waals surface area contributed by atoms with Gasteiger partial charge < -0.3 is 10.7 Å². The SMILES string of the molecule is NC(Cc1ccccc1)(CC1CCCCC1)c1ncc(-c2ccc(F)cc2)[nH]1. The summed E-state index contributed by atoms with van der Waals surface area (Å²) in [5.41, 5.74) is 9.52. The molecule has 3 nitrogen and oxygen atoms in total. The van der Waals surface area contributed by atoms with Crippen molar-refractivity contribution in [3.05, 3.63) is 78.0 Å². The first-order valence-electron chi connectivity index (χ1n) is 10.3. The number of aromatic amines is 1. The number of rotatable bonds is 6. The largest absolute Gasteiger partial charge is 0.340 e. The predicted octanol–water partition coefficient (Wildman–Crippen LogP) is 5.58. The van der Waals surface area contributed by atoms with Crippen molar-refractivity contribution in [2.24, 2.45) is 11.7 Å². The van der Waals surface area contributed by atoms with Crippen molar-refractivity contribution in [3.63, 3.8) is 0 Å². The third kappa shape index (κ3) is 4.33. The Balaban J connectivity index is 1.63. The molecule has 0 bridgehead atoms. The Bertz CT molecular complexity index is 882. The quantitative estimate of drug-likeness (QED) is 0.589. The number of nitrogens with two attached hydrogens (primary N) is 1. The van der Waals surface area contributed by atoms with Gasteiger partial charge in [0.05, 0.1) is 17.4 Å². The van der Waals surface area contributed by atoms with E-state index in [0.717, 1.165) is 29.9 Å². The zero-order chi connectivity index (χ0) is 19.4. The molecule has 1 aromatic heterocycles. The molecule has 3 N–H and O–H groups in total. The van der Waals surface area contributed by atoms with Crippen LogP contribution in [0.3, 0.4) is 0 Å². The molecule has 1 aliphatic rings. The summed E-state index contributed by atoms with van der Waals surface area (Å²) in [6.07, 6.45) is 9.92. The standard InChI is InChI=1S/C24H28FN3/c25-21-13-11-20(12-14-21)22-17-27-23(28-22)24(26,15-18-7-3-1-4-8-18)16-19-9-5-2-6-10-19/h1,3-4,7-8,11-14,17,19H,2,5-6,9-10,15-16,26H2,(H,27,28). The number of nitrogens with zero attached hydrogens (tertiary/aromatic N) is 1. The van der Waals surface area contributed by atoms with Crippen LogP contribution in [0.1, 0.15) is 49.9 Å². The van der Waals surface area contributed by atoms with E-state index in [-0.39, 0.29) is 5.82 Å². The van der Waals surface area contributed by atoms with E-state index in [1.54, 1.807) is 12.1 Å².